The van der Waals surface area contributed by atoms with E-state index in [9.17, 15) is 9.59 Å². The van der Waals surface area contributed by atoms with Crippen LogP contribution in [0.2, 0.25) is 18.1 Å². The maximum atomic E-state index is 16.8. The van der Waals surface area contributed by atoms with Gasteiger partial charge in [0.1, 0.15) is 17.0 Å². The van der Waals surface area contributed by atoms with E-state index >= 15 is 4.39 Å². The van der Waals surface area contributed by atoms with Crippen LogP contribution in [0.25, 0.3) is 5.57 Å². The Morgan fingerprint density at radius 2 is 1.69 bits per heavy atom. The molecule has 1 atom stereocenters. The zero-order valence-corrected chi connectivity index (χ0v) is 32.5. The summed E-state index contributed by atoms with van der Waals surface area (Å²) in [5.74, 6) is 0.0913. The molecule has 0 saturated heterocycles. The number of fused-ring (bicyclic) bond motifs is 1. The van der Waals surface area contributed by atoms with Crippen LogP contribution in [-0.2, 0) is 20.3 Å². The van der Waals surface area contributed by atoms with Crippen molar-refractivity contribution in [2.45, 2.75) is 118 Å². The Balaban J connectivity index is 1.74. The maximum absolute atomic E-state index is 16.8. The highest BCUT2D eigenvalue weighted by molar-refractivity contribution is 6.74. The fourth-order valence-corrected chi connectivity index (χ4v) is 6.64. The van der Waals surface area contributed by atoms with Crippen molar-refractivity contribution in [3.63, 3.8) is 0 Å². The first-order valence-electron chi connectivity index (χ1n) is 16.9. The number of ether oxygens (including phenoxy) is 3. The molecule has 0 spiro atoms. The largest absolute Gasteiger partial charge is 0.491 e. The molecule has 1 N–H and O–H groups in total. The van der Waals surface area contributed by atoms with Gasteiger partial charge in [0.25, 0.3) is 0 Å². The van der Waals surface area contributed by atoms with E-state index in [4.69, 9.17) is 18.6 Å². The summed E-state index contributed by atoms with van der Waals surface area (Å²) in [5.41, 5.74) is 1.36. The molecular formula is C36H54FN5O6Si. The van der Waals surface area contributed by atoms with Gasteiger partial charge in [-0.2, -0.15) is 0 Å². The Morgan fingerprint density at radius 1 is 1.04 bits per heavy atom. The van der Waals surface area contributed by atoms with Crippen molar-refractivity contribution in [2.24, 2.45) is 0 Å². The van der Waals surface area contributed by atoms with E-state index in [1.165, 1.54) is 4.90 Å². The molecule has 49 heavy (non-hydrogen) atoms. The molecule has 2 amide bonds. The number of nitrogens with one attached hydrogen (secondary N) is 1. The van der Waals surface area contributed by atoms with E-state index in [0.717, 1.165) is 0 Å². The van der Waals surface area contributed by atoms with Gasteiger partial charge in [-0.05, 0) is 84.7 Å². The second kappa shape index (κ2) is 13.9. The number of hydrogen-bond donors (Lipinski definition) is 1. The third-order valence-electron chi connectivity index (χ3n) is 8.66. The fourth-order valence-electron chi connectivity index (χ4n) is 5.29. The number of halogens is 1. The van der Waals surface area contributed by atoms with E-state index in [2.05, 4.69) is 49.1 Å². The van der Waals surface area contributed by atoms with E-state index in [1.807, 2.05) is 26.8 Å². The van der Waals surface area contributed by atoms with Gasteiger partial charge in [-0.25, -0.2) is 23.9 Å². The minimum absolute atomic E-state index is 0.0146. The summed E-state index contributed by atoms with van der Waals surface area (Å²) < 4.78 is 41.0. The number of carbonyl (C=O) groups excluding carboxylic acids is 2. The van der Waals surface area contributed by atoms with Crippen LogP contribution >= 0.6 is 0 Å². The van der Waals surface area contributed by atoms with Crippen molar-refractivity contribution in [3.8, 4) is 5.75 Å². The molecule has 2 aliphatic heterocycles. The quantitative estimate of drug-likeness (QED) is 0.297. The molecule has 0 bridgehead atoms. The Morgan fingerprint density at radius 3 is 2.31 bits per heavy atom. The van der Waals surface area contributed by atoms with Crippen molar-refractivity contribution in [1.29, 1.82) is 0 Å². The number of nitrogens with zero attached hydrogens (tertiary/aromatic N) is 4. The number of rotatable bonds is 6. The molecule has 2 aliphatic rings. The first-order valence-corrected chi connectivity index (χ1v) is 19.8. The van der Waals surface area contributed by atoms with Crippen LogP contribution in [0.3, 0.4) is 0 Å². The highest BCUT2D eigenvalue weighted by Gasteiger charge is 2.41. The van der Waals surface area contributed by atoms with Crippen LogP contribution in [0.1, 0.15) is 85.7 Å². The number of anilines is 3. The first kappa shape index (κ1) is 38.1. The summed E-state index contributed by atoms with van der Waals surface area (Å²) in [5, 5.41) is 2.99. The maximum Gasteiger partial charge on any atom is 0.414 e. The average Bonchev–Trinajstić information content (AvgIpc) is 3.29. The summed E-state index contributed by atoms with van der Waals surface area (Å²) in [6, 6.07) is 3.39. The van der Waals surface area contributed by atoms with E-state index in [-0.39, 0.29) is 17.4 Å². The lowest BCUT2D eigenvalue weighted by Gasteiger charge is -2.40. The van der Waals surface area contributed by atoms with Gasteiger partial charge >= 0.3 is 12.2 Å². The van der Waals surface area contributed by atoms with Gasteiger partial charge in [0.15, 0.2) is 25.7 Å². The normalized spacial score (nSPS) is 17.1. The van der Waals surface area contributed by atoms with Gasteiger partial charge in [0.2, 0.25) is 0 Å². The molecule has 11 nitrogen and oxygen atoms in total. The van der Waals surface area contributed by atoms with Crippen molar-refractivity contribution in [1.82, 2.24) is 14.9 Å². The van der Waals surface area contributed by atoms with Crippen molar-refractivity contribution >= 4 is 43.4 Å². The van der Waals surface area contributed by atoms with Crippen LogP contribution in [0.15, 0.2) is 18.2 Å². The molecule has 270 valence electrons. The van der Waals surface area contributed by atoms with Crippen LogP contribution in [0.4, 0.5) is 31.3 Å². The van der Waals surface area contributed by atoms with Crippen LogP contribution < -0.4 is 15.0 Å². The number of hydrogen-bond acceptors (Lipinski definition) is 9. The fraction of sp³-hybridized carbons (Fsp3) is 0.611. The topological polar surface area (TPSA) is 115 Å². The minimum Gasteiger partial charge on any atom is -0.491 e. The second-order valence-electron chi connectivity index (χ2n) is 16.4. The van der Waals surface area contributed by atoms with Gasteiger partial charge in [-0.3, -0.25) is 4.90 Å². The summed E-state index contributed by atoms with van der Waals surface area (Å²) in [7, 11) is -0.686. The van der Waals surface area contributed by atoms with Gasteiger partial charge in [-0.1, -0.05) is 26.8 Å². The molecule has 1 unspecified atom stereocenters. The molecule has 0 aliphatic carbocycles. The molecule has 0 fully saturated rings. The molecule has 0 saturated carbocycles. The lowest BCUT2D eigenvalue weighted by atomic mass is 9.98. The summed E-state index contributed by atoms with van der Waals surface area (Å²) in [6.45, 7) is 24.4. The van der Waals surface area contributed by atoms with Crippen LogP contribution in [-0.4, -0.2) is 79.4 Å². The predicted octanol–water partition coefficient (Wildman–Crippen LogP) is 8.39. The van der Waals surface area contributed by atoms with Gasteiger partial charge in [0, 0.05) is 38.3 Å². The summed E-state index contributed by atoms with van der Waals surface area (Å²) >= 11 is 0. The molecule has 2 aromatic rings. The van der Waals surface area contributed by atoms with E-state index in [0.29, 0.717) is 65.8 Å². The third kappa shape index (κ3) is 9.50. The Bertz CT molecular complexity index is 1610. The molecule has 4 rings (SSSR count). The van der Waals surface area contributed by atoms with Crippen LogP contribution in [0.5, 0.6) is 5.75 Å². The zero-order valence-electron chi connectivity index (χ0n) is 31.5. The van der Waals surface area contributed by atoms with Crippen molar-refractivity contribution in [2.75, 3.05) is 37.0 Å². The van der Waals surface area contributed by atoms with Gasteiger partial charge in [-0.15, -0.1) is 0 Å². The molecular weight excluding hydrogens is 646 g/mol. The Kier molecular flexibility index (Phi) is 10.8. The third-order valence-corrected chi connectivity index (χ3v) is 13.2. The number of amides is 2. The number of carbonyl (C=O) groups is 2. The van der Waals surface area contributed by atoms with Gasteiger partial charge in [0.05, 0.1) is 29.7 Å². The molecule has 0 radical (unpaired) electrons. The van der Waals surface area contributed by atoms with Crippen LogP contribution in [0, 0.1) is 12.7 Å². The highest BCUT2D eigenvalue weighted by Crippen LogP contribution is 2.43. The predicted molar refractivity (Wildman–Crippen MR) is 193 cm³/mol. The van der Waals surface area contributed by atoms with Gasteiger partial charge < -0.3 is 28.9 Å². The molecule has 4 heterocycles. The number of pyridine rings is 2. The standard InChI is InChI=1S/C36H54FN5O6Si/c1-22-18-24(41(11)32(43)46-34(2,3)4)20-27(38-22)40-31-29(37)28(30-26(39-31)15-17-45-30)23-14-16-42(33(44)47-35(5,6)7)21-25(19-23)48-49(12,13)36(8,9)10/h14,18,20,25H,15-17,19,21H2,1-13H3,(H,38,39,40). The highest BCUT2D eigenvalue weighted by atomic mass is 28.4. The van der Waals surface area contributed by atoms with E-state index < -0.39 is 43.6 Å². The average molecular weight is 700 g/mol. The van der Waals surface area contributed by atoms with Crippen molar-refractivity contribution in [3.05, 3.63) is 41.0 Å². The summed E-state index contributed by atoms with van der Waals surface area (Å²) in [6.07, 6.45) is 1.34. The second-order valence-corrected chi connectivity index (χ2v) is 21.1. The first-order chi connectivity index (χ1) is 22.4. The number of aromatic nitrogens is 2. The van der Waals surface area contributed by atoms with Crippen molar-refractivity contribution < 1.29 is 32.6 Å². The molecule has 0 aromatic carbocycles. The van der Waals surface area contributed by atoms with E-state index in [1.54, 1.807) is 51.8 Å². The minimum atomic E-state index is -2.29. The lowest BCUT2D eigenvalue weighted by molar-refractivity contribution is 0.0195. The monoisotopic (exact) mass is 699 g/mol. The lowest BCUT2D eigenvalue weighted by Crippen LogP contribution is -2.48. The molecule has 2 aromatic heterocycles. The Labute approximate surface area is 291 Å². The zero-order chi connectivity index (χ0) is 36.7. The Hall–Kier alpha value is -3.71. The number of aryl methyl sites for hydroxylation is 1. The SMILES string of the molecule is Cc1cc(N(C)C(=O)OC(C)(C)C)cc(Nc2nc3c(c(C4=CCN(C(=O)OC(C)(C)C)CC(O[Si](C)(C)C(C)(C)C)C4)c2F)OCC3)n1. The summed E-state index contributed by atoms with van der Waals surface area (Å²) in [4.78, 5) is 38.3. The molecule has 13 heteroatoms. The smallest absolute Gasteiger partial charge is 0.414 e.